The van der Waals surface area contributed by atoms with Gasteiger partial charge >= 0.3 is 5.95 Å². The van der Waals surface area contributed by atoms with Gasteiger partial charge in [-0.2, -0.15) is 0 Å². The molecule has 5 heterocycles. The summed E-state index contributed by atoms with van der Waals surface area (Å²) >= 11 is 5.98. The maximum Gasteiger partial charge on any atom is 0.434 e. The van der Waals surface area contributed by atoms with Crippen molar-refractivity contribution in [2.75, 3.05) is 70.1 Å². The largest absolute Gasteiger partial charge is 0.490 e. The molecule has 22 nitrogen and oxygen atoms in total. The predicted octanol–water partition coefficient (Wildman–Crippen LogP) is 4.75. The van der Waals surface area contributed by atoms with Crippen LogP contribution in [0.25, 0.3) is 10.9 Å². The van der Waals surface area contributed by atoms with E-state index in [1.54, 1.807) is 18.2 Å². The first-order chi connectivity index (χ1) is 33.4. The third-order valence-electron chi connectivity index (χ3n) is 11.3. The van der Waals surface area contributed by atoms with Crippen molar-refractivity contribution < 1.29 is 61.7 Å². The minimum absolute atomic E-state index is 0.0169. The number of nitro groups is 1. The van der Waals surface area contributed by atoms with Crippen LogP contribution < -0.4 is 20.1 Å². The number of halogens is 2. The fourth-order valence-corrected chi connectivity index (χ4v) is 8.00. The molecule has 362 valence electrons. The Balaban J connectivity index is 0.748. The molecule has 1 unspecified atom stereocenters. The van der Waals surface area contributed by atoms with E-state index >= 15 is 0 Å². The van der Waals surface area contributed by atoms with Gasteiger partial charge in [0.05, 0.1) is 100 Å². The standard InChI is InChI=1S/C45H45ClFN9O13/c1-53-27(22-48-45(53)56(62)63)23-54-39(58)8-7-35(43(54)60)55-42(59)29-3-2-4-36(40(29)44(55)61)68-18-17-66-16-15-65-14-13-64-12-10-38(57)52-34-20-30-33(21-37(34)69-28-9-11-67-24-28)49-25-50-41(30)51-26-5-6-32(47)31(46)19-26/h2-6,19-22,25,28,35H,7-18,23-24H2,1H3,(H,52,57)(H,49,50,51)/t28-,35?/m0/s1. The van der Waals surface area contributed by atoms with Gasteiger partial charge in [0.25, 0.3) is 17.7 Å². The van der Waals surface area contributed by atoms with E-state index in [0.29, 0.717) is 53.5 Å². The van der Waals surface area contributed by atoms with Crippen molar-refractivity contribution >= 4 is 75.2 Å². The highest BCUT2D eigenvalue weighted by Crippen LogP contribution is 2.37. The second kappa shape index (κ2) is 21.8. The van der Waals surface area contributed by atoms with Crippen molar-refractivity contribution in [3.8, 4) is 11.5 Å². The molecule has 2 N–H and O–H groups in total. The molecule has 3 aliphatic rings. The van der Waals surface area contributed by atoms with Crippen molar-refractivity contribution in [3.05, 3.63) is 98.8 Å². The van der Waals surface area contributed by atoms with Crippen LogP contribution in [0.15, 0.2) is 61.1 Å². The Morgan fingerprint density at radius 1 is 0.942 bits per heavy atom. The number of benzene rings is 3. The number of imidazole rings is 1. The van der Waals surface area contributed by atoms with E-state index in [1.807, 2.05) is 0 Å². The molecule has 3 aromatic carbocycles. The lowest BCUT2D eigenvalue weighted by atomic mass is 10.0. The Hall–Kier alpha value is -7.18. The third-order valence-corrected chi connectivity index (χ3v) is 11.6. The fraction of sp³-hybridized carbons (Fsp3) is 0.378. The van der Waals surface area contributed by atoms with Gasteiger partial charge < -0.3 is 49.2 Å². The lowest BCUT2D eigenvalue weighted by Crippen LogP contribution is -2.55. The predicted molar refractivity (Wildman–Crippen MR) is 241 cm³/mol. The minimum atomic E-state index is -1.28. The first-order valence-corrected chi connectivity index (χ1v) is 22.2. The van der Waals surface area contributed by atoms with Gasteiger partial charge in [-0.3, -0.25) is 33.8 Å². The summed E-state index contributed by atoms with van der Waals surface area (Å²) in [5.74, 6) is -3.23. The summed E-state index contributed by atoms with van der Waals surface area (Å²) in [6, 6.07) is 10.9. The molecule has 8 rings (SSSR count). The molecule has 2 fully saturated rings. The van der Waals surface area contributed by atoms with Gasteiger partial charge in [0.2, 0.25) is 11.8 Å². The molecule has 0 radical (unpaired) electrons. The van der Waals surface area contributed by atoms with Crippen LogP contribution in [0.2, 0.25) is 5.02 Å². The highest BCUT2D eigenvalue weighted by Gasteiger charge is 2.48. The van der Waals surface area contributed by atoms with E-state index in [2.05, 4.69) is 25.6 Å². The van der Waals surface area contributed by atoms with Crippen LogP contribution in [0, 0.1) is 15.9 Å². The number of nitrogens with one attached hydrogen (secondary N) is 2. The number of piperidine rings is 1. The van der Waals surface area contributed by atoms with Crippen molar-refractivity contribution in [2.45, 2.75) is 44.4 Å². The van der Waals surface area contributed by atoms with Crippen LogP contribution in [-0.4, -0.2) is 135 Å². The first kappa shape index (κ1) is 48.3. The molecular formula is C45H45ClFN9O13. The zero-order chi connectivity index (χ0) is 48.6. The number of amides is 5. The van der Waals surface area contributed by atoms with E-state index in [0.717, 1.165) is 14.4 Å². The number of likely N-dealkylation sites (tertiary alicyclic amines) is 1. The number of hydrogen-bond acceptors (Lipinski definition) is 17. The second-order valence-corrected chi connectivity index (χ2v) is 16.2. The van der Waals surface area contributed by atoms with Crippen LogP contribution in [0.5, 0.6) is 11.5 Å². The van der Waals surface area contributed by atoms with Gasteiger partial charge in [0.15, 0.2) is 0 Å². The maximum absolute atomic E-state index is 13.8. The van der Waals surface area contributed by atoms with E-state index in [1.165, 1.54) is 49.9 Å². The number of imide groups is 2. The van der Waals surface area contributed by atoms with E-state index in [4.69, 9.17) is 40.0 Å². The second-order valence-electron chi connectivity index (χ2n) is 15.8. The smallest absolute Gasteiger partial charge is 0.434 e. The molecule has 0 aliphatic carbocycles. The van der Waals surface area contributed by atoms with E-state index in [-0.39, 0.29) is 112 Å². The average molecular weight is 974 g/mol. The summed E-state index contributed by atoms with van der Waals surface area (Å²) in [6.07, 6.45) is 2.84. The summed E-state index contributed by atoms with van der Waals surface area (Å²) in [6.45, 7) is 1.74. The number of anilines is 3. The molecule has 3 aliphatic heterocycles. The monoisotopic (exact) mass is 973 g/mol. The maximum atomic E-state index is 13.8. The average Bonchev–Trinajstić information content (AvgIpc) is 4.05. The van der Waals surface area contributed by atoms with Gasteiger partial charge in [-0.25, -0.2) is 18.9 Å². The summed E-state index contributed by atoms with van der Waals surface area (Å²) in [4.78, 5) is 91.5. The SMILES string of the molecule is Cn1c(CN2C(=O)CCC(N3C(=O)c4cccc(OCCOCCOCCOCCC(=O)Nc5cc6c(Nc7ccc(F)c(Cl)c7)ncnc6cc5O[C@H]5CCOC5)c4C3=O)C2=O)cnc1[N+](=O)[O-]. The molecule has 24 heteroatoms. The lowest BCUT2D eigenvalue weighted by molar-refractivity contribution is -0.396. The highest BCUT2D eigenvalue weighted by atomic mass is 35.5. The molecular weight excluding hydrogens is 929 g/mol. The van der Waals surface area contributed by atoms with Crippen molar-refractivity contribution in [3.63, 3.8) is 0 Å². The lowest BCUT2D eigenvalue weighted by Gasteiger charge is -2.34. The molecule has 0 saturated carbocycles. The zero-order valence-corrected chi connectivity index (χ0v) is 37.8. The number of fused-ring (bicyclic) bond motifs is 2. The number of rotatable bonds is 22. The molecule has 5 aromatic rings. The first-order valence-electron chi connectivity index (χ1n) is 21.8. The van der Waals surface area contributed by atoms with Gasteiger partial charge in [0, 0.05) is 30.0 Å². The number of ether oxygens (including phenoxy) is 6. The van der Waals surface area contributed by atoms with Gasteiger partial charge in [-0.15, -0.1) is 0 Å². The number of carbonyl (C=O) groups excluding carboxylic acids is 5. The zero-order valence-electron chi connectivity index (χ0n) is 37.0. The Morgan fingerprint density at radius 3 is 2.43 bits per heavy atom. The summed E-state index contributed by atoms with van der Waals surface area (Å²) in [7, 11) is 1.38. The number of aromatic nitrogens is 4. The van der Waals surface area contributed by atoms with E-state index < -0.39 is 46.4 Å². The highest BCUT2D eigenvalue weighted by molar-refractivity contribution is 6.31. The summed E-state index contributed by atoms with van der Waals surface area (Å²) < 4.78 is 49.3. The molecule has 0 spiro atoms. The summed E-state index contributed by atoms with van der Waals surface area (Å²) in [5.41, 5.74) is 1.68. The Labute approximate surface area is 397 Å². The van der Waals surface area contributed by atoms with Crippen molar-refractivity contribution in [2.24, 2.45) is 7.05 Å². The van der Waals surface area contributed by atoms with Crippen molar-refractivity contribution in [1.82, 2.24) is 29.3 Å². The summed E-state index contributed by atoms with van der Waals surface area (Å²) in [5, 5.41) is 17.8. The van der Waals surface area contributed by atoms with Crippen molar-refractivity contribution in [1.29, 1.82) is 0 Å². The fourth-order valence-electron chi connectivity index (χ4n) is 7.82. The molecule has 0 bridgehead atoms. The third kappa shape index (κ3) is 11.1. The number of carbonyl (C=O) groups is 5. The molecule has 2 aromatic heterocycles. The Bertz CT molecular complexity index is 2790. The molecule has 69 heavy (non-hydrogen) atoms. The van der Waals surface area contributed by atoms with Gasteiger partial charge in [0.1, 0.15) is 60.1 Å². The number of hydrogen-bond donors (Lipinski definition) is 2. The van der Waals surface area contributed by atoms with Crippen LogP contribution in [0.1, 0.15) is 52.1 Å². The van der Waals surface area contributed by atoms with Gasteiger partial charge in [-0.05, 0) is 47.7 Å². The van der Waals surface area contributed by atoms with Gasteiger partial charge in [-0.1, -0.05) is 22.7 Å². The molecule has 2 atom stereocenters. The normalized spacial score (nSPS) is 16.9. The Morgan fingerprint density at radius 2 is 1.71 bits per heavy atom. The number of nitrogens with zero attached hydrogens (tertiary/aromatic N) is 7. The van der Waals surface area contributed by atoms with Crippen LogP contribution in [0.3, 0.4) is 0 Å². The van der Waals surface area contributed by atoms with Crippen LogP contribution >= 0.6 is 11.6 Å². The topological polar surface area (TPSA) is 258 Å². The van der Waals surface area contributed by atoms with E-state index in [9.17, 15) is 38.5 Å². The van der Waals surface area contributed by atoms with Crippen LogP contribution in [0.4, 0.5) is 27.5 Å². The Kier molecular flexibility index (Phi) is 15.3. The molecule has 2 saturated heterocycles. The quantitative estimate of drug-likeness (QED) is 0.0411. The molecule has 5 amide bonds. The van der Waals surface area contributed by atoms with Crippen LogP contribution in [-0.2, 0) is 46.9 Å². The minimum Gasteiger partial charge on any atom is -0.490 e.